The smallest absolute Gasteiger partial charge is 0.335 e. The summed E-state index contributed by atoms with van der Waals surface area (Å²) in [5, 5.41) is 26.5. The van der Waals surface area contributed by atoms with Gasteiger partial charge in [-0.15, -0.1) is 0 Å². The van der Waals surface area contributed by atoms with Crippen molar-refractivity contribution in [3.05, 3.63) is 88.9 Å². The molecule has 0 radical (unpaired) electrons. The lowest BCUT2D eigenvalue weighted by Crippen LogP contribution is -2.26. The zero-order chi connectivity index (χ0) is 20.6. The molecule has 0 aliphatic rings. The molecule has 0 saturated heterocycles. The van der Waals surface area contributed by atoms with Gasteiger partial charge in [-0.2, -0.15) is 0 Å². The molecule has 3 aromatic carbocycles. The summed E-state index contributed by atoms with van der Waals surface area (Å²) < 4.78 is 0. The largest absolute Gasteiger partial charge is 0.478 e. The molecule has 6 heteroatoms. The van der Waals surface area contributed by atoms with E-state index in [0.29, 0.717) is 24.7 Å². The van der Waals surface area contributed by atoms with E-state index >= 15 is 0 Å². The minimum Gasteiger partial charge on any atom is -0.478 e. The molecule has 0 aromatic heterocycles. The molecular formula is C23H23ClN2O3. The summed E-state index contributed by atoms with van der Waals surface area (Å²) in [7, 11) is 0. The van der Waals surface area contributed by atoms with Crippen LogP contribution >= 0.6 is 11.6 Å². The Morgan fingerprint density at radius 2 is 1.66 bits per heavy atom. The van der Waals surface area contributed by atoms with Crippen molar-refractivity contribution in [1.29, 1.82) is 0 Å². The molecule has 4 N–H and O–H groups in total. The van der Waals surface area contributed by atoms with Crippen LogP contribution in [0.25, 0.3) is 11.1 Å². The maximum absolute atomic E-state index is 11.2. The number of carboxylic acid groups (broad SMARTS) is 1. The fourth-order valence-corrected chi connectivity index (χ4v) is 3.20. The third-order valence-electron chi connectivity index (χ3n) is 4.51. The Morgan fingerprint density at radius 1 is 0.931 bits per heavy atom. The number of aliphatic hydroxyl groups is 1. The van der Waals surface area contributed by atoms with Crippen LogP contribution < -0.4 is 10.6 Å². The van der Waals surface area contributed by atoms with Crippen LogP contribution in [0, 0.1) is 0 Å². The summed E-state index contributed by atoms with van der Waals surface area (Å²) in [5.41, 5.74) is 3.80. The Hall–Kier alpha value is -2.86. The van der Waals surface area contributed by atoms with E-state index in [1.807, 2.05) is 42.5 Å². The van der Waals surface area contributed by atoms with Gasteiger partial charge in [0.25, 0.3) is 0 Å². The van der Waals surface area contributed by atoms with Gasteiger partial charge >= 0.3 is 5.97 Å². The van der Waals surface area contributed by atoms with E-state index in [0.717, 1.165) is 22.4 Å². The Labute approximate surface area is 175 Å². The SMILES string of the molecule is O=C(O)c1cccc(-c2cccc(NCCNC[C@@H](O)c3cccc(Cl)c3)c2)c1. The van der Waals surface area contributed by atoms with Gasteiger partial charge in [-0.05, 0) is 53.1 Å². The average molecular weight is 411 g/mol. The topological polar surface area (TPSA) is 81.6 Å². The third-order valence-corrected chi connectivity index (χ3v) is 4.74. The van der Waals surface area contributed by atoms with Crippen LogP contribution in [0.15, 0.2) is 72.8 Å². The molecule has 0 heterocycles. The van der Waals surface area contributed by atoms with Crippen molar-refractivity contribution in [2.45, 2.75) is 6.10 Å². The Balaban J connectivity index is 1.50. The number of hydrogen-bond donors (Lipinski definition) is 4. The molecule has 29 heavy (non-hydrogen) atoms. The van der Waals surface area contributed by atoms with Crippen molar-refractivity contribution in [1.82, 2.24) is 5.32 Å². The molecule has 0 aliphatic carbocycles. The van der Waals surface area contributed by atoms with Gasteiger partial charge in [0.1, 0.15) is 0 Å². The van der Waals surface area contributed by atoms with Gasteiger partial charge in [0.15, 0.2) is 0 Å². The number of rotatable bonds is 9. The molecule has 0 bridgehead atoms. The first-order chi connectivity index (χ1) is 14.0. The summed E-state index contributed by atoms with van der Waals surface area (Å²) in [6.45, 7) is 1.79. The maximum atomic E-state index is 11.2. The predicted octanol–water partition coefficient (Wildman–Crippen LogP) is 4.44. The number of anilines is 1. The number of carboxylic acids is 1. The molecule has 0 fully saturated rings. The lowest BCUT2D eigenvalue weighted by molar-refractivity contribution is 0.0697. The Bertz CT molecular complexity index is 978. The van der Waals surface area contributed by atoms with Crippen molar-refractivity contribution in [2.75, 3.05) is 25.0 Å². The van der Waals surface area contributed by atoms with Crippen LogP contribution in [-0.2, 0) is 0 Å². The van der Waals surface area contributed by atoms with Crippen LogP contribution in [0.5, 0.6) is 0 Å². The van der Waals surface area contributed by atoms with E-state index < -0.39 is 12.1 Å². The maximum Gasteiger partial charge on any atom is 0.335 e. The van der Waals surface area contributed by atoms with Crippen LogP contribution in [0.1, 0.15) is 22.0 Å². The van der Waals surface area contributed by atoms with Crippen LogP contribution in [0.2, 0.25) is 5.02 Å². The van der Waals surface area contributed by atoms with Gasteiger partial charge in [0.2, 0.25) is 0 Å². The van der Waals surface area contributed by atoms with Crippen molar-refractivity contribution in [2.24, 2.45) is 0 Å². The normalized spacial score (nSPS) is 11.8. The minimum absolute atomic E-state index is 0.267. The number of carbonyl (C=O) groups is 1. The molecule has 0 saturated carbocycles. The van der Waals surface area contributed by atoms with Crippen molar-refractivity contribution >= 4 is 23.3 Å². The number of nitrogens with one attached hydrogen (secondary N) is 2. The minimum atomic E-state index is -0.938. The summed E-state index contributed by atoms with van der Waals surface area (Å²) in [5.74, 6) is -0.938. The highest BCUT2D eigenvalue weighted by Gasteiger charge is 2.07. The highest BCUT2D eigenvalue weighted by Crippen LogP contribution is 2.23. The number of hydrogen-bond acceptors (Lipinski definition) is 4. The Morgan fingerprint density at radius 3 is 2.41 bits per heavy atom. The van der Waals surface area contributed by atoms with Crippen molar-refractivity contribution in [3.8, 4) is 11.1 Å². The third kappa shape index (κ3) is 6.06. The van der Waals surface area contributed by atoms with E-state index in [4.69, 9.17) is 16.7 Å². The molecule has 0 unspecified atom stereocenters. The number of benzene rings is 3. The van der Waals surface area contributed by atoms with Crippen LogP contribution in [0.4, 0.5) is 5.69 Å². The number of aliphatic hydroxyl groups excluding tert-OH is 1. The lowest BCUT2D eigenvalue weighted by atomic mass is 10.0. The molecule has 0 aliphatic heterocycles. The van der Waals surface area contributed by atoms with Gasteiger partial charge in [0.05, 0.1) is 11.7 Å². The van der Waals surface area contributed by atoms with Crippen LogP contribution in [-0.4, -0.2) is 35.8 Å². The second kappa shape index (κ2) is 10.1. The van der Waals surface area contributed by atoms with Crippen LogP contribution in [0.3, 0.4) is 0 Å². The second-order valence-electron chi connectivity index (χ2n) is 6.67. The Kier molecular flexibility index (Phi) is 7.25. The monoisotopic (exact) mass is 410 g/mol. The quantitative estimate of drug-likeness (QED) is 0.392. The molecule has 3 aromatic rings. The van der Waals surface area contributed by atoms with E-state index in [1.54, 1.807) is 30.3 Å². The molecule has 3 rings (SSSR count). The summed E-state index contributed by atoms with van der Waals surface area (Å²) >= 11 is 5.95. The zero-order valence-electron chi connectivity index (χ0n) is 15.8. The first kappa shape index (κ1) is 20.9. The second-order valence-corrected chi connectivity index (χ2v) is 7.10. The van der Waals surface area contributed by atoms with E-state index in [-0.39, 0.29) is 5.56 Å². The lowest BCUT2D eigenvalue weighted by Gasteiger charge is -2.13. The molecule has 0 spiro atoms. The summed E-state index contributed by atoms with van der Waals surface area (Å²) in [6, 6.07) is 21.9. The van der Waals surface area contributed by atoms with Crippen molar-refractivity contribution < 1.29 is 15.0 Å². The number of aromatic carboxylic acids is 1. The zero-order valence-corrected chi connectivity index (χ0v) is 16.6. The highest BCUT2D eigenvalue weighted by atomic mass is 35.5. The molecular weight excluding hydrogens is 388 g/mol. The average Bonchev–Trinajstić information content (AvgIpc) is 2.73. The fourth-order valence-electron chi connectivity index (χ4n) is 3.01. The van der Waals surface area contributed by atoms with Crippen molar-refractivity contribution in [3.63, 3.8) is 0 Å². The molecule has 1 atom stereocenters. The predicted molar refractivity (Wildman–Crippen MR) is 117 cm³/mol. The van der Waals surface area contributed by atoms with Gasteiger partial charge in [-0.1, -0.05) is 48.0 Å². The van der Waals surface area contributed by atoms with Gasteiger partial charge < -0.3 is 20.8 Å². The van der Waals surface area contributed by atoms with E-state index in [1.165, 1.54) is 0 Å². The summed E-state index contributed by atoms with van der Waals surface area (Å²) in [4.78, 5) is 11.2. The van der Waals surface area contributed by atoms with E-state index in [2.05, 4.69) is 10.6 Å². The fraction of sp³-hybridized carbons (Fsp3) is 0.174. The first-order valence-corrected chi connectivity index (χ1v) is 9.72. The molecule has 5 nitrogen and oxygen atoms in total. The van der Waals surface area contributed by atoms with Gasteiger partial charge in [-0.3, -0.25) is 0 Å². The van der Waals surface area contributed by atoms with E-state index in [9.17, 15) is 9.90 Å². The van der Waals surface area contributed by atoms with Gasteiger partial charge in [-0.25, -0.2) is 4.79 Å². The molecule has 150 valence electrons. The van der Waals surface area contributed by atoms with Gasteiger partial charge in [0, 0.05) is 30.3 Å². The number of halogens is 1. The first-order valence-electron chi connectivity index (χ1n) is 9.35. The standard InChI is InChI=1S/C23H23ClN2O3/c24-20-8-2-6-18(13-20)22(27)15-25-10-11-26-21-9-3-5-17(14-21)16-4-1-7-19(12-16)23(28)29/h1-9,12-14,22,25-27H,10-11,15H2,(H,28,29)/t22-/m1/s1. The highest BCUT2D eigenvalue weighted by molar-refractivity contribution is 6.30. The molecule has 0 amide bonds. The summed E-state index contributed by atoms with van der Waals surface area (Å²) in [6.07, 6.45) is -0.612.